The van der Waals surface area contributed by atoms with Gasteiger partial charge in [0.2, 0.25) is 0 Å². The molecule has 0 aromatic carbocycles. The summed E-state index contributed by atoms with van der Waals surface area (Å²) < 4.78 is 1.11. The molecule has 0 spiro atoms. The van der Waals surface area contributed by atoms with E-state index < -0.39 is 11.2 Å². The molecule has 0 amide bonds. The molecule has 1 rings (SSSR count). The molecule has 0 aliphatic rings. The molecule has 14 heavy (non-hydrogen) atoms. The second kappa shape index (κ2) is 3.94. The first-order valence-corrected chi connectivity index (χ1v) is 3.99. The molecule has 0 radical (unpaired) electrons. The van der Waals surface area contributed by atoms with Crippen LogP contribution in [-0.4, -0.2) is 9.55 Å². The highest BCUT2D eigenvalue weighted by Gasteiger charge is 2.03. The molecule has 72 valence electrons. The van der Waals surface area contributed by atoms with E-state index in [2.05, 4.69) is 6.58 Å². The van der Waals surface area contributed by atoms with E-state index in [4.69, 9.17) is 16.9 Å². The van der Waals surface area contributed by atoms with E-state index in [1.165, 1.54) is 0 Å². The van der Waals surface area contributed by atoms with E-state index >= 15 is 0 Å². The number of rotatable bonds is 2. The lowest BCUT2D eigenvalue weighted by molar-refractivity contribution is 0.726. The molecule has 1 N–H and O–H groups in total. The van der Waals surface area contributed by atoms with Crippen LogP contribution in [0.1, 0.15) is 5.56 Å². The van der Waals surface area contributed by atoms with Crippen LogP contribution in [0, 0.1) is 11.3 Å². The molecule has 0 saturated carbocycles. The zero-order chi connectivity index (χ0) is 10.7. The second-order valence-corrected chi connectivity index (χ2v) is 3.09. The summed E-state index contributed by atoms with van der Waals surface area (Å²) in [5.41, 5.74) is -1.45. The molecule has 0 aliphatic heterocycles. The highest BCUT2D eigenvalue weighted by molar-refractivity contribution is 6.29. The van der Waals surface area contributed by atoms with Gasteiger partial charge in [0, 0.05) is 11.2 Å². The van der Waals surface area contributed by atoms with Crippen molar-refractivity contribution in [3.05, 3.63) is 44.2 Å². The van der Waals surface area contributed by atoms with Gasteiger partial charge in [-0.05, 0) is 0 Å². The third-order valence-corrected chi connectivity index (χ3v) is 1.59. The van der Waals surface area contributed by atoms with Crippen molar-refractivity contribution in [2.45, 2.75) is 6.54 Å². The molecule has 6 heteroatoms. The molecule has 0 aliphatic carbocycles. The van der Waals surface area contributed by atoms with Gasteiger partial charge in [-0.3, -0.25) is 14.3 Å². The van der Waals surface area contributed by atoms with E-state index in [1.807, 2.05) is 4.98 Å². The summed E-state index contributed by atoms with van der Waals surface area (Å²) >= 11 is 5.49. The Morgan fingerprint density at radius 2 is 2.36 bits per heavy atom. The fourth-order valence-corrected chi connectivity index (χ4v) is 1.02. The smallest absolute Gasteiger partial charge is 0.294 e. The van der Waals surface area contributed by atoms with E-state index in [-0.39, 0.29) is 17.1 Å². The van der Waals surface area contributed by atoms with Crippen molar-refractivity contribution in [3.8, 4) is 6.07 Å². The van der Waals surface area contributed by atoms with Crippen LogP contribution < -0.4 is 11.2 Å². The van der Waals surface area contributed by atoms with Gasteiger partial charge in [-0.2, -0.15) is 5.26 Å². The van der Waals surface area contributed by atoms with Gasteiger partial charge in [0.25, 0.3) is 5.56 Å². The second-order valence-electron chi connectivity index (χ2n) is 2.56. The molecule has 1 heterocycles. The minimum absolute atomic E-state index is 0.0614. The molecule has 0 saturated heterocycles. The van der Waals surface area contributed by atoms with Gasteiger partial charge in [0.1, 0.15) is 11.6 Å². The number of hydrogen-bond donors (Lipinski definition) is 1. The van der Waals surface area contributed by atoms with Gasteiger partial charge in [-0.1, -0.05) is 18.2 Å². The Bertz CT molecular complexity index is 521. The number of allylic oxidation sites excluding steroid dienone is 1. The van der Waals surface area contributed by atoms with Crippen molar-refractivity contribution in [2.75, 3.05) is 0 Å². The Kier molecular flexibility index (Phi) is 2.89. The van der Waals surface area contributed by atoms with Crippen LogP contribution in [0.15, 0.2) is 27.4 Å². The number of halogens is 1. The number of nitrogens with zero attached hydrogens (tertiary/aromatic N) is 2. The topological polar surface area (TPSA) is 78.7 Å². The maximum absolute atomic E-state index is 11.1. The van der Waals surface area contributed by atoms with E-state index in [1.54, 1.807) is 6.07 Å². The fourth-order valence-electron chi connectivity index (χ4n) is 0.891. The Hall–Kier alpha value is -1.80. The number of aromatic amines is 1. The Morgan fingerprint density at radius 3 is 2.86 bits per heavy atom. The SMILES string of the molecule is C=C(Cl)Cn1cc(C#N)c(=O)[nH]c1=O. The number of nitriles is 1. The van der Waals surface area contributed by atoms with E-state index in [0.29, 0.717) is 0 Å². The van der Waals surface area contributed by atoms with Crippen LogP contribution in [0.5, 0.6) is 0 Å². The maximum Gasteiger partial charge on any atom is 0.328 e. The van der Waals surface area contributed by atoms with Gasteiger partial charge >= 0.3 is 5.69 Å². The summed E-state index contributed by atoms with van der Waals surface area (Å²) in [6.45, 7) is 3.46. The fraction of sp³-hybridized carbons (Fsp3) is 0.125. The normalized spacial score (nSPS) is 9.43. The van der Waals surface area contributed by atoms with Gasteiger partial charge in [-0.25, -0.2) is 4.79 Å². The lowest BCUT2D eigenvalue weighted by Crippen LogP contribution is -2.31. The summed E-state index contributed by atoms with van der Waals surface area (Å²) in [7, 11) is 0. The average Bonchev–Trinajstić information content (AvgIpc) is 2.09. The summed E-state index contributed by atoms with van der Waals surface area (Å²) in [6.07, 6.45) is 1.15. The standard InChI is InChI=1S/C8H6ClN3O2/c1-5(9)3-12-4-6(2-10)7(13)11-8(12)14/h4H,1,3H2,(H,11,13,14). The number of hydrogen-bond acceptors (Lipinski definition) is 3. The van der Waals surface area contributed by atoms with Crippen LogP contribution in [0.4, 0.5) is 0 Å². The molecular weight excluding hydrogens is 206 g/mol. The summed E-state index contributed by atoms with van der Waals surface area (Å²) in [6, 6.07) is 1.66. The minimum atomic E-state index is -0.700. The van der Waals surface area contributed by atoms with Gasteiger partial charge < -0.3 is 0 Å². The maximum atomic E-state index is 11.1. The molecule has 0 unspecified atom stereocenters. The molecule has 0 bridgehead atoms. The van der Waals surface area contributed by atoms with Crippen molar-refractivity contribution in [1.29, 1.82) is 5.26 Å². The first-order valence-electron chi connectivity index (χ1n) is 3.61. The summed E-state index contributed by atoms with van der Waals surface area (Å²) in [4.78, 5) is 24.1. The first-order chi connectivity index (χ1) is 6.54. The molecule has 1 aromatic heterocycles. The van der Waals surface area contributed by atoms with Crippen molar-refractivity contribution < 1.29 is 0 Å². The van der Waals surface area contributed by atoms with Crippen molar-refractivity contribution in [3.63, 3.8) is 0 Å². The van der Waals surface area contributed by atoms with Crippen LogP contribution in [-0.2, 0) is 6.54 Å². The van der Waals surface area contributed by atoms with Crippen LogP contribution >= 0.6 is 11.6 Å². The Balaban J connectivity index is 3.34. The highest BCUT2D eigenvalue weighted by Crippen LogP contribution is 1.98. The Labute approximate surface area is 83.9 Å². The number of aromatic nitrogens is 2. The van der Waals surface area contributed by atoms with Crippen molar-refractivity contribution >= 4 is 11.6 Å². The van der Waals surface area contributed by atoms with Crippen LogP contribution in [0.2, 0.25) is 0 Å². The third kappa shape index (κ3) is 2.12. The largest absolute Gasteiger partial charge is 0.328 e. The summed E-state index contributed by atoms with van der Waals surface area (Å²) in [5, 5.41) is 8.77. The first kappa shape index (κ1) is 10.3. The highest BCUT2D eigenvalue weighted by atomic mass is 35.5. The Morgan fingerprint density at radius 1 is 1.71 bits per heavy atom. The summed E-state index contributed by atoms with van der Waals surface area (Å²) in [5.74, 6) is 0. The zero-order valence-electron chi connectivity index (χ0n) is 7.08. The van der Waals surface area contributed by atoms with E-state index in [0.717, 1.165) is 10.8 Å². The molecular formula is C8H6ClN3O2. The lowest BCUT2D eigenvalue weighted by Gasteiger charge is -2.02. The van der Waals surface area contributed by atoms with Gasteiger partial charge in [-0.15, -0.1) is 0 Å². The van der Waals surface area contributed by atoms with E-state index in [9.17, 15) is 9.59 Å². The van der Waals surface area contributed by atoms with Crippen molar-refractivity contribution in [2.24, 2.45) is 0 Å². The quantitative estimate of drug-likeness (QED) is 0.757. The van der Waals surface area contributed by atoms with Crippen LogP contribution in [0.3, 0.4) is 0 Å². The van der Waals surface area contributed by atoms with Gasteiger partial charge in [0.15, 0.2) is 0 Å². The predicted molar refractivity (Wildman–Crippen MR) is 51.0 cm³/mol. The number of nitrogens with one attached hydrogen (secondary N) is 1. The molecule has 1 aromatic rings. The monoisotopic (exact) mass is 211 g/mol. The number of H-pyrrole nitrogens is 1. The minimum Gasteiger partial charge on any atom is -0.294 e. The predicted octanol–water partition coefficient (Wildman–Crippen LogP) is 0.161. The van der Waals surface area contributed by atoms with Crippen molar-refractivity contribution in [1.82, 2.24) is 9.55 Å². The molecule has 0 fully saturated rings. The molecule has 5 nitrogen and oxygen atoms in total. The van der Waals surface area contributed by atoms with Gasteiger partial charge in [0.05, 0.1) is 6.54 Å². The lowest BCUT2D eigenvalue weighted by atomic mass is 10.4. The third-order valence-electron chi connectivity index (χ3n) is 1.47. The zero-order valence-corrected chi connectivity index (χ0v) is 7.84. The molecule has 0 atom stereocenters. The average molecular weight is 212 g/mol. The van der Waals surface area contributed by atoms with Crippen LogP contribution in [0.25, 0.3) is 0 Å².